The molecular formula is C29H32N2O2S. The first kappa shape index (κ1) is 24.0. The van der Waals surface area contributed by atoms with E-state index in [-0.39, 0.29) is 5.91 Å². The Balaban J connectivity index is 1.63. The number of fused-ring (bicyclic) bond motifs is 1. The fourth-order valence-corrected chi connectivity index (χ4v) is 4.92. The standard InChI is InChI=1S/C29H32N2O2S/c1-4-5-9-19-33-24-17-15-23(16-18-24)28(32)31(20-22-11-7-6-8-12-22)29-30-27-25(21(2)3)13-10-14-26(27)34-29/h6-8,10-18,21H,4-5,9,19-20H2,1-3H3. The quantitative estimate of drug-likeness (QED) is 0.221. The van der Waals surface area contributed by atoms with Gasteiger partial charge in [0.05, 0.1) is 23.4 Å². The Morgan fingerprint density at radius 2 is 1.74 bits per heavy atom. The van der Waals surface area contributed by atoms with Gasteiger partial charge >= 0.3 is 0 Å². The van der Waals surface area contributed by atoms with Crippen LogP contribution >= 0.6 is 11.3 Å². The molecular weight excluding hydrogens is 440 g/mol. The maximum absolute atomic E-state index is 13.7. The molecule has 5 heteroatoms. The van der Waals surface area contributed by atoms with Gasteiger partial charge in [-0.3, -0.25) is 9.69 Å². The topological polar surface area (TPSA) is 42.4 Å². The molecule has 176 valence electrons. The predicted octanol–water partition coefficient (Wildman–Crippen LogP) is 7.84. The van der Waals surface area contributed by atoms with E-state index in [1.165, 1.54) is 12.0 Å². The zero-order valence-electron chi connectivity index (χ0n) is 20.2. The van der Waals surface area contributed by atoms with Gasteiger partial charge in [-0.15, -0.1) is 0 Å². The first-order chi connectivity index (χ1) is 16.6. The van der Waals surface area contributed by atoms with Gasteiger partial charge in [-0.25, -0.2) is 4.98 Å². The smallest absolute Gasteiger partial charge is 0.260 e. The molecule has 0 atom stereocenters. The summed E-state index contributed by atoms with van der Waals surface area (Å²) >= 11 is 1.57. The van der Waals surface area contributed by atoms with Gasteiger partial charge < -0.3 is 4.74 Å². The largest absolute Gasteiger partial charge is 0.494 e. The van der Waals surface area contributed by atoms with E-state index in [2.05, 4.69) is 39.0 Å². The van der Waals surface area contributed by atoms with E-state index in [0.717, 1.165) is 39.5 Å². The number of carbonyl (C=O) groups excluding carboxylic acids is 1. The number of nitrogens with zero attached hydrogens (tertiary/aromatic N) is 2. The van der Waals surface area contributed by atoms with E-state index >= 15 is 0 Å². The number of unbranched alkanes of at least 4 members (excludes halogenated alkanes) is 2. The van der Waals surface area contributed by atoms with Gasteiger partial charge in [0.2, 0.25) is 0 Å². The summed E-state index contributed by atoms with van der Waals surface area (Å²) in [6.45, 7) is 7.69. The molecule has 0 aliphatic carbocycles. The molecule has 4 rings (SSSR count). The van der Waals surface area contributed by atoms with Crippen molar-refractivity contribution in [2.45, 2.75) is 52.5 Å². The second-order valence-corrected chi connectivity index (χ2v) is 9.81. The highest BCUT2D eigenvalue weighted by Gasteiger charge is 2.23. The molecule has 0 aliphatic heterocycles. The van der Waals surface area contributed by atoms with E-state index in [1.54, 1.807) is 16.2 Å². The molecule has 0 unspecified atom stereocenters. The summed E-state index contributed by atoms with van der Waals surface area (Å²) in [5.41, 5.74) is 3.88. The van der Waals surface area contributed by atoms with Crippen molar-refractivity contribution in [3.63, 3.8) is 0 Å². The van der Waals surface area contributed by atoms with Crippen LogP contribution in [-0.2, 0) is 6.54 Å². The van der Waals surface area contributed by atoms with Gasteiger partial charge in [0.1, 0.15) is 5.75 Å². The number of hydrogen-bond acceptors (Lipinski definition) is 4. The minimum Gasteiger partial charge on any atom is -0.494 e. The van der Waals surface area contributed by atoms with Gasteiger partial charge in [-0.2, -0.15) is 0 Å². The molecule has 0 N–H and O–H groups in total. The highest BCUT2D eigenvalue weighted by atomic mass is 32.1. The zero-order valence-corrected chi connectivity index (χ0v) is 21.0. The molecule has 0 fully saturated rings. The lowest BCUT2D eigenvalue weighted by Crippen LogP contribution is -2.30. The number of para-hydroxylation sites is 1. The second-order valence-electron chi connectivity index (χ2n) is 8.80. The summed E-state index contributed by atoms with van der Waals surface area (Å²) in [4.78, 5) is 20.5. The molecule has 34 heavy (non-hydrogen) atoms. The van der Waals surface area contributed by atoms with Crippen molar-refractivity contribution in [1.29, 1.82) is 0 Å². The van der Waals surface area contributed by atoms with Gasteiger partial charge in [0.25, 0.3) is 5.91 Å². The fraction of sp³-hybridized carbons (Fsp3) is 0.310. The highest BCUT2D eigenvalue weighted by molar-refractivity contribution is 7.22. The maximum Gasteiger partial charge on any atom is 0.260 e. The van der Waals surface area contributed by atoms with E-state index in [1.807, 2.05) is 54.6 Å². The third-order valence-corrected chi connectivity index (χ3v) is 6.88. The fourth-order valence-electron chi connectivity index (χ4n) is 3.92. The Labute approximate surface area is 206 Å². The van der Waals surface area contributed by atoms with Crippen molar-refractivity contribution in [2.24, 2.45) is 0 Å². The van der Waals surface area contributed by atoms with Gasteiger partial charge in [-0.1, -0.05) is 87.4 Å². The third-order valence-electron chi connectivity index (χ3n) is 5.84. The van der Waals surface area contributed by atoms with Crippen LogP contribution in [0.1, 0.15) is 67.4 Å². The Hall–Kier alpha value is -3.18. The number of anilines is 1. The summed E-state index contributed by atoms with van der Waals surface area (Å²) in [5, 5.41) is 0.719. The van der Waals surface area contributed by atoms with Crippen LogP contribution in [0.5, 0.6) is 5.75 Å². The van der Waals surface area contributed by atoms with Crippen molar-refractivity contribution in [3.05, 3.63) is 89.5 Å². The van der Waals surface area contributed by atoms with E-state index in [4.69, 9.17) is 9.72 Å². The summed E-state index contributed by atoms with van der Waals surface area (Å²) < 4.78 is 6.92. The Morgan fingerprint density at radius 1 is 0.971 bits per heavy atom. The number of amides is 1. The van der Waals surface area contributed by atoms with Gasteiger partial charge in [0, 0.05) is 5.56 Å². The molecule has 0 saturated heterocycles. The van der Waals surface area contributed by atoms with Crippen molar-refractivity contribution in [2.75, 3.05) is 11.5 Å². The van der Waals surface area contributed by atoms with Crippen LogP contribution in [0.15, 0.2) is 72.8 Å². The molecule has 1 aromatic heterocycles. The summed E-state index contributed by atoms with van der Waals surface area (Å²) in [7, 11) is 0. The SMILES string of the molecule is CCCCCOc1ccc(C(=O)N(Cc2ccccc2)c2nc3c(C(C)C)cccc3s2)cc1. The third kappa shape index (κ3) is 5.65. The number of rotatable bonds is 10. The lowest BCUT2D eigenvalue weighted by molar-refractivity contribution is 0.0985. The van der Waals surface area contributed by atoms with Crippen LogP contribution in [0.4, 0.5) is 5.13 Å². The molecule has 1 heterocycles. The minimum atomic E-state index is -0.0634. The zero-order chi connectivity index (χ0) is 23.9. The van der Waals surface area contributed by atoms with E-state index in [9.17, 15) is 4.79 Å². The van der Waals surface area contributed by atoms with Crippen LogP contribution in [-0.4, -0.2) is 17.5 Å². The molecule has 3 aromatic carbocycles. The van der Waals surface area contributed by atoms with Crippen molar-refractivity contribution >= 4 is 32.6 Å². The first-order valence-electron chi connectivity index (χ1n) is 12.0. The number of benzene rings is 3. The normalized spacial score (nSPS) is 11.2. The van der Waals surface area contributed by atoms with Crippen molar-refractivity contribution in [1.82, 2.24) is 4.98 Å². The number of thiazole rings is 1. The average molecular weight is 473 g/mol. The summed E-state index contributed by atoms with van der Waals surface area (Å²) in [6, 6.07) is 23.8. The molecule has 0 saturated carbocycles. The number of ether oxygens (including phenoxy) is 1. The Kier molecular flexibility index (Phi) is 7.96. The average Bonchev–Trinajstić information content (AvgIpc) is 3.30. The molecule has 0 aliphatic rings. The highest BCUT2D eigenvalue weighted by Crippen LogP contribution is 2.35. The summed E-state index contributed by atoms with van der Waals surface area (Å²) in [5.74, 6) is 1.09. The predicted molar refractivity (Wildman–Crippen MR) is 142 cm³/mol. The molecule has 0 radical (unpaired) electrons. The van der Waals surface area contributed by atoms with Crippen LogP contribution in [0.3, 0.4) is 0 Å². The molecule has 4 nitrogen and oxygen atoms in total. The lowest BCUT2D eigenvalue weighted by Gasteiger charge is -2.20. The Morgan fingerprint density at radius 3 is 2.44 bits per heavy atom. The number of aromatic nitrogens is 1. The number of carbonyl (C=O) groups is 1. The van der Waals surface area contributed by atoms with Crippen molar-refractivity contribution in [3.8, 4) is 5.75 Å². The monoisotopic (exact) mass is 472 g/mol. The first-order valence-corrected chi connectivity index (χ1v) is 12.9. The minimum absolute atomic E-state index is 0.0634. The maximum atomic E-state index is 13.7. The van der Waals surface area contributed by atoms with Crippen molar-refractivity contribution < 1.29 is 9.53 Å². The van der Waals surface area contributed by atoms with Crippen LogP contribution < -0.4 is 9.64 Å². The second kappa shape index (κ2) is 11.3. The van der Waals surface area contributed by atoms with Gasteiger partial charge in [-0.05, 0) is 53.8 Å². The summed E-state index contributed by atoms with van der Waals surface area (Å²) in [6.07, 6.45) is 3.36. The molecule has 0 spiro atoms. The van der Waals surface area contributed by atoms with E-state index < -0.39 is 0 Å². The Bertz CT molecular complexity index is 1220. The van der Waals surface area contributed by atoms with Gasteiger partial charge in [0.15, 0.2) is 5.13 Å². The lowest BCUT2D eigenvalue weighted by atomic mass is 10.0. The van der Waals surface area contributed by atoms with Crippen LogP contribution in [0, 0.1) is 0 Å². The molecule has 4 aromatic rings. The van der Waals surface area contributed by atoms with Crippen LogP contribution in [0.2, 0.25) is 0 Å². The number of hydrogen-bond donors (Lipinski definition) is 0. The molecule has 1 amide bonds. The van der Waals surface area contributed by atoms with E-state index in [0.29, 0.717) is 24.6 Å². The van der Waals surface area contributed by atoms with Crippen LogP contribution in [0.25, 0.3) is 10.2 Å². The molecule has 0 bridgehead atoms.